The van der Waals surface area contributed by atoms with Gasteiger partial charge in [0, 0.05) is 0 Å². The first-order chi connectivity index (χ1) is 4.77. The fourth-order valence-electron chi connectivity index (χ4n) is 1.74. The van der Waals surface area contributed by atoms with Gasteiger partial charge in [-0.25, -0.2) is 0 Å². The summed E-state index contributed by atoms with van der Waals surface area (Å²) in [6, 6.07) is 0. The van der Waals surface area contributed by atoms with Gasteiger partial charge in [0.25, 0.3) is 0 Å². The number of rotatable bonds is 2. The third-order valence-corrected chi connectivity index (χ3v) is 2.54. The summed E-state index contributed by atoms with van der Waals surface area (Å²) in [5, 5.41) is 8.77. The van der Waals surface area contributed by atoms with Crippen LogP contribution in [-0.4, -0.2) is 42.9 Å². The highest BCUT2D eigenvalue weighted by atomic mass is 79.9. The normalized spacial score (nSPS) is 22.4. The van der Waals surface area contributed by atoms with Crippen LogP contribution in [0, 0.1) is 0 Å². The number of hydrogen-bond donors (Lipinski definition) is 1. The van der Waals surface area contributed by atoms with E-state index in [1.807, 2.05) is 0 Å². The van der Waals surface area contributed by atoms with Crippen molar-refractivity contribution in [3.05, 3.63) is 0 Å². The molecule has 1 aliphatic heterocycles. The molecular weight excluding hydrogens is 206 g/mol. The van der Waals surface area contributed by atoms with Gasteiger partial charge < -0.3 is 26.6 Å². The van der Waals surface area contributed by atoms with Crippen LogP contribution in [0.15, 0.2) is 0 Å². The molecule has 68 valence electrons. The van der Waals surface area contributed by atoms with E-state index in [2.05, 4.69) is 7.05 Å². The van der Waals surface area contributed by atoms with Gasteiger partial charge in [-0.05, 0) is 19.3 Å². The lowest BCUT2D eigenvalue weighted by atomic mass is 10.1. The second-order valence-corrected chi connectivity index (χ2v) is 3.57. The van der Waals surface area contributed by atoms with Crippen molar-refractivity contribution in [3.8, 4) is 0 Å². The molecule has 1 heterocycles. The Morgan fingerprint density at radius 2 is 1.73 bits per heavy atom. The van der Waals surface area contributed by atoms with Crippen LogP contribution < -0.4 is 17.0 Å². The number of aliphatic hydroxyl groups excluding tert-OH is 1. The zero-order chi connectivity index (χ0) is 7.45. The number of aliphatic hydroxyl groups is 1. The third kappa shape index (κ3) is 3.54. The van der Waals surface area contributed by atoms with Crippen LogP contribution in [0.4, 0.5) is 0 Å². The number of quaternary nitrogens is 1. The van der Waals surface area contributed by atoms with Crippen LogP contribution in [0.25, 0.3) is 0 Å². The third-order valence-electron chi connectivity index (χ3n) is 2.54. The van der Waals surface area contributed by atoms with Crippen molar-refractivity contribution in [1.82, 2.24) is 0 Å². The lowest BCUT2D eigenvalue weighted by molar-refractivity contribution is -0.914. The van der Waals surface area contributed by atoms with Crippen molar-refractivity contribution in [2.75, 3.05) is 33.3 Å². The average Bonchev–Trinajstić information content (AvgIpc) is 1.89. The van der Waals surface area contributed by atoms with E-state index in [4.69, 9.17) is 5.11 Å². The van der Waals surface area contributed by atoms with Gasteiger partial charge in [-0.15, -0.1) is 0 Å². The number of hydrogen-bond acceptors (Lipinski definition) is 1. The molecule has 0 unspecified atom stereocenters. The van der Waals surface area contributed by atoms with E-state index in [9.17, 15) is 0 Å². The molecule has 0 aliphatic carbocycles. The predicted octanol–water partition coefficient (Wildman–Crippen LogP) is -2.39. The molecule has 0 aromatic rings. The summed E-state index contributed by atoms with van der Waals surface area (Å²) in [4.78, 5) is 0. The molecular formula is C8H18BrNO. The first-order valence-corrected chi connectivity index (χ1v) is 4.21. The lowest BCUT2D eigenvalue weighted by Gasteiger charge is -2.37. The van der Waals surface area contributed by atoms with Gasteiger partial charge in [0.2, 0.25) is 0 Å². The van der Waals surface area contributed by atoms with Crippen molar-refractivity contribution in [3.63, 3.8) is 0 Å². The minimum atomic E-state index is 0. The van der Waals surface area contributed by atoms with E-state index in [1.54, 1.807) is 0 Å². The average molecular weight is 224 g/mol. The number of piperidine rings is 1. The van der Waals surface area contributed by atoms with Gasteiger partial charge in [0.15, 0.2) is 0 Å². The Kier molecular flexibility index (Phi) is 5.30. The number of nitrogens with zero attached hydrogens (tertiary/aromatic N) is 1. The molecule has 0 aromatic carbocycles. The molecule has 0 spiro atoms. The molecule has 0 aromatic heterocycles. The van der Waals surface area contributed by atoms with Crippen molar-refractivity contribution in [1.29, 1.82) is 0 Å². The number of likely N-dealkylation sites (N-methyl/N-ethyl adjacent to an activating group) is 1. The minimum Gasteiger partial charge on any atom is -1.00 e. The van der Waals surface area contributed by atoms with Crippen LogP contribution in [0.2, 0.25) is 0 Å². The molecule has 0 bridgehead atoms. The maximum absolute atomic E-state index is 8.77. The van der Waals surface area contributed by atoms with Crippen LogP contribution >= 0.6 is 0 Å². The Morgan fingerprint density at radius 1 is 1.18 bits per heavy atom. The maximum atomic E-state index is 8.77. The summed E-state index contributed by atoms with van der Waals surface area (Å²) in [6.45, 7) is 3.82. The van der Waals surface area contributed by atoms with E-state index < -0.39 is 0 Å². The summed E-state index contributed by atoms with van der Waals surface area (Å²) in [5.74, 6) is 0. The topological polar surface area (TPSA) is 20.2 Å². The summed E-state index contributed by atoms with van der Waals surface area (Å²) in [7, 11) is 2.25. The van der Waals surface area contributed by atoms with Crippen LogP contribution in [0.5, 0.6) is 0 Å². The standard InChI is InChI=1S/C8H18NO.BrH/c1-9(7-8-10)5-3-2-4-6-9;/h10H,2-8H2,1H3;1H/q+1;/p-1. The van der Waals surface area contributed by atoms with Crippen LogP contribution in [0.3, 0.4) is 0 Å². The van der Waals surface area contributed by atoms with Crippen molar-refractivity contribution in [2.45, 2.75) is 19.3 Å². The Morgan fingerprint density at radius 3 is 2.18 bits per heavy atom. The van der Waals surface area contributed by atoms with Gasteiger partial charge in [-0.1, -0.05) is 0 Å². The van der Waals surface area contributed by atoms with Gasteiger partial charge in [-0.2, -0.15) is 0 Å². The van der Waals surface area contributed by atoms with Crippen molar-refractivity contribution >= 4 is 0 Å². The van der Waals surface area contributed by atoms with Crippen LogP contribution in [-0.2, 0) is 0 Å². The van der Waals surface area contributed by atoms with Crippen LogP contribution in [0.1, 0.15) is 19.3 Å². The smallest absolute Gasteiger partial charge is 0.102 e. The van der Waals surface area contributed by atoms with Gasteiger partial charge in [0.05, 0.1) is 26.7 Å². The first kappa shape index (κ1) is 11.4. The molecule has 1 rings (SSSR count). The van der Waals surface area contributed by atoms with E-state index in [-0.39, 0.29) is 17.0 Å². The second-order valence-electron chi connectivity index (χ2n) is 3.57. The first-order valence-electron chi connectivity index (χ1n) is 4.21. The lowest BCUT2D eigenvalue weighted by Crippen LogP contribution is -3.00. The Bertz CT molecular complexity index is 96.8. The highest BCUT2D eigenvalue weighted by molar-refractivity contribution is 4.50. The monoisotopic (exact) mass is 223 g/mol. The van der Waals surface area contributed by atoms with Gasteiger partial charge in [0.1, 0.15) is 6.54 Å². The maximum Gasteiger partial charge on any atom is 0.102 e. The molecule has 0 atom stereocenters. The minimum absolute atomic E-state index is 0. The molecule has 1 N–H and O–H groups in total. The van der Waals surface area contributed by atoms with E-state index >= 15 is 0 Å². The highest BCUT2D eigenvalue weighted by Gasteiger charge is 2.23. The Labute approximate surface area is 79.6 Å². The van der Waals surface area contributed by atoms with Gasteiger partial charge >= 0.3 is 0 Å². The van der Waals surface area contributed by atoms with Gasteiger partial charge in [-0.3, -0.25) is 0 Å². The number of halogens is 1. The predicted molar refractivity (Wildman–Crippen MR) is 41.7 cm³/mol. The van der Waals surface area contributed by atoms with Crippen molar-refractivity contribution in [2.24, 2.45) is 0 Å². The Hall–Kier alpha value is 0.400. The molecule has 0 amide bonds. The molecule has 3 heteroatoms. The zero-order valence-corrected chi connectivity index (χ0v) is 8.81. The highest BCUT2D eigenvalue weighted by Crippen LogP contribution is 2.14. The molecule has 2 nitrogen and oxygen atoms in total. The van der Waals surface area contributed by atoms with Crippen molar-refractivity contribution < 1.29 is 26.6 Å². The zero-order valence-electron chi connectivity index (χ0n) is 7.22. The summed E-state index contributed by atoms with van der Waals surface area (Å²) in [5.41, 5.74) is 0. The quantitative estimate of drug-likeness (QED) is 0.519. The molecule has 1 fully saturated rings. The molecule has 0 radical (unpaired) electrons. The SMILES string of the molecule is C[N+]1(CCO)CCCCC1.[Br-]. The summed E-state index contributed by atoms with van der Waals surface area (Å²) >= 11 is 0. The second kappa shape index (κ2) is 5.12. The number of likely N-dealkylation sites (tertiary alicyclic amines) is 1. The fraction of sp³-hybridized carbons (Fsp3) is 1.00. The molecule has 1 saturated heterocycles. The summed E-state index contributed by atoms with van der Waals surface area (Å²) in [6.07, 6.45) is 4.08. The molecule has 1 aliphatic rings. The fourth-order valence-corrected chi connectivity index (χ4v) is 1.74. The van der Waals surface area contributed by atoms with E-state index in [0.29, 0.717) is 6.61 Å². The molecule has 0 saturated carbocycles. The largest absolute Gasteiger partial charge is 1.00 e. The summed E-state index contributed by atoms with van der Waals surface area (Å²) < 4.78 is 1.09. The Balaban J connectivity index is 0.000001000. The van der Waals surface area contributed by atoms with E-state index in [1.165, 1.54) is 32.4 Å². The molecule has 11 heavy (non-hydrogen) atoms. The van der Waals surface area contributed by atoms with E-state index in [0.717, 1.165) is 11.0 Å².